The average molecular weight is 379 g/mol. The van der Waals surface area contributed by atoms with Gasteiger partial charge in [0.05, 0.1) is 4.90 Å². The minimum Gasteiger partial charge on any atom is -0.336 e. The van der Waals surface area contributed by atoms with Gasteiger partial charge in [-0.2, -0.15) is 4.31 Å². The highest BCUT2D eigenvalue weighted by Gasteiger charge is 2.35. The Morgan fingerprint density at radius 3 is 2.28 bits per heavy atom. The third-order valence-corrected chi connectivity index (χ3v) is 6.57. The maximum absolute atomic E-state index is 12.8. The Balaban J connectivity index is 1.75. The third-order valence-electron chi connectivity index (χ3n) is 4.29. The van der Waals surface area contributed by atoms with E-state index in [4.69, 9.17) is 11.6 Å². The molecule has 0 saturated carbocycles. The van der Waals surface area contributed by atoms with E-state index in [1.54, 1.807) is 29.2 Å². The first kappa shape index (κ1) is 17.9. The highest BCUT2D eigenvalue weighted by molar-refractivity contribution is 7.89. The zero-order valence-electron chi connectivity index (χ0n) is 13.8. The Morgan fingerprint density at radius 1 is 1.04 bits per heavy atom. The number of carbonyl (C=O) groups excluding carboxylic acids is 1. The summed E-state index contributed by atoms with van der Waals surface area (Å²) in [6.07, 6.45) is 0. The van der Waals surface area contributed by atoms with Crippen LogP contribution in [0.1, 0.15) is 17.3 Å². The van der Waals surface area contributed by atoms with Crippen LogP contribution in [0.25, 0.3) is 0 Å². The topological polar surface area (TPSA) is 57.7 Å². The molecule has 0 aromatic heterocycles. The number of benzene rings is 2. The molecular weight excluding hydrogens is 360 g/mol. The van der Waals surface area contributed by atoms with Crippen LogP contribution in [0.5, 0.6) is 0 Å². The van der Waals surface area contributed by atoms with Crippen LogP contribution in [0.4, 0.5) is 0 Å². The summed E-state index contributed by atoms with van der Waals surface area (Å²) >= 11 is 5.84. The Bertz CT molecular complexity index is 854. The van der Waals surface area contributed by atoms with Gasteiger partial charge >= 0.3 is 0 Å². The first-order valence-electron chi connectivity index (χ1n) is 8.01. The molecule has 25 heavy (non-hydrogen) atoms. The first-order valence-corrected chi connectivity index (χ1v) is 9.83. The minimum absolute atomic E-state index is 0.0732. The van der Waals surface area contributed by atoms with Crippen LogP contribution >= 0.6 is 11.6 Å². The van der Waals surface area contributed by atoms with Gasteiger partial charge in [0, 0.05) is 36.3 Å². The van der Waals surface area contributed by atoms with Gasteiger partial charge in [-0.3, -0.25) is 4.79 Å². The van der Waals surface area contributed by atoms with Crippen LogP contribution in [0, 0.1) is 0 Å². The Labute approximate surface area is 152 Å². The largest absolute Gasteiger partial charge is 0.336 e. The van der Waals surface area contributed by atoms with E-state index in [0.717, 1.165) is 0 Å². The Morgan fingerprint density at radius 2 is 1.68 bits per heavy atom. The lowest BCUT2D eigenvalue weighted by molar-refractivity contribution is 0.0642. The molecule has 2 aromatic rings. The number of sulfonamides is 1. The summed E-state index contributed by atoms with van der Waals surface area (Å²) in [5.74, 6) is -0.0732. The van der Waals surface area contributed by atoms with Crippen LogP contribution in [0.3, 0.4) is 0 Å². The molecular formula is C18H19ClN2O3S. The van der Waals surface area contributed by atoms with Crippen molar-refractivity contribution in [3.8, 4) is 0 Å². The number of nitrogens with zero attached hydrogens (tertiary/aromatic N) is 2. The van der Waals surface area contributed by atoms with Crippen LogP contribution in [-0.4, -0.2) is 49.2 Å². The van der Waals surface area contributed by atoms with Crippen LogP contribution < -0.4 is 0 Å². The second-order valence-corrected chi connectivity index (χ2v) is 8.36. The van der Waals surface area contributed by atoms with Crippen LogP contribution in [0.15, 0.2) is 59.5 Å². The van der Waals surface area contributed by atoms with Gasteiger partial charge in [0.2, 0.25) is 10.0 Å². The monoisotopic (exact) mass is 378 g/mol. The standard InChI is InChI=1S/C18H19ClN2O3S/c1-14-13-20(18(22)15-5-3-2-4-6-15)11-12-21(14)25(23,24)17-9-7-16(19)8-10-17/h2-10,14H,11-13H2,1H3/t14-/m1/s1. The van der Waals surface area contributed by atoms with Crippen LogP contribution in [-0.2, 0) is 10.0 Å². The summed E-state index contributed by atoms with van der Waals surface area (Å²) in [6.45, 7) is 2.81. The lowest BCUT2D eigenvalue weighted by Crippen LogP contribution is -2.55. The normalized spacial score (nSPS) is 19.0. The van der Waals surface area contributed by atoms with Gasteiger partial charge in [-0.15, -0.1) is 0 Å². The molecule has 1 heterocycles. The molecule has 132 valence electrons. The molecule has 1 saturated heterocycles. The van der Waals surface area contributed by atoms with E-state index >= 15 is 0 Å². The molecule has 1 fully saturated rings. The van der Waals surface area contributed by atoms with Gasteiger partial charge in [-0.1, -0.05) is 29.8 Å². The van der Waals surface area contributed by atoms with Crippen molar-refractivity contribution in [2.75, 3.05) is 19.6 Å². The van der Waals surface area contributed by atoms with Gasteiger partial charge in [0.15, 0.2) is 0 Å². The van der Waals surface area contributed by atoms with E-state index < -0.39 is 10.0 Å². The van der Waals surface area contributed by atoms with Crippen molar-refractivity contribution < 1.29 is 13.2 Å². The number of rotatable bonds is 3. The summed E-state index contributed by atoms with van der Waals surface area (Å²) in [6, 6.07) is 14.9. The fourth-order valence-electron chi connectivity index (χ4n) is 2.99. The zero-order valence-corrected chi connectivity index (χ0v) is 15.4. The van der Waals surface area contributed by atoms with Crippen molar-refractivity contribution in [1.29, 1.82) is 0 Å². The fraction of sp³-hybridized carbons (Fsp3) is 0.278. The highest BCUT2D eigenvalue weighted by Crippen LogP contribution is 2.23. The second-order valence-electron chi connectivity index (χ2n) is 6.04. The van der Waals surface area contributed by atoms with Crippen molar-refractivity contribution in [3.05, 3.63) is 65.2 Å². The molecule has 5 nitrogen and oxygen atoms in total. The highest BCUT2D eigenvalue weighted by atomic mass is 35.5. The van der Waals surface area contributed by atoms with Gasteiger partial charge in [-0.05, 0) is 43.3 Å². The number of halogens is 1. The summed E-state index contributed by atoms with van der Waals surface area (Å²) in [7, 11) is -3.61. The molecule has 1 amide bonds. The lowest BCUT2D eigenvalue weighted by atomic mass is 10.1. The van der Waals surface area contributed by atoms with Gasteiger partial charge in [0.1, 0.15) is 0 Å². The van der Waals surface area contributed by atoms with E-state index in [1.165, 1.54) is 16.4 Å². The van der Waals surface area contributed by atoms with Crippen LogP contribution in [0.2, 0.25) is 5.02 Å². The summed E-state index contributed by atoms with van der Waals surface area (Å²) in [5.41, 5.74) is 0.615. The van der Waals surface area contributed by atoms with Crippen molar-refractivity contribution in [2.24, 2.45) is 0 Å². The Kier molecular flexibility index (Phi) is 5.13. The zero-order chi connectivity index (χ0) is 18.0. The maximum Gasteiger partial charge on any atom is 0.253 e. The van der Waals surface area contributed by atoms with Gasteiger partial charge < -0.3 is 4.90 Å². The fourth-order valence-corrected chi connectivity index (χ4v) is 4.73. The quantitative estimate of drug-likeness (QED) is 0.825. The first-order chi connectivity index (χ1) is 11.9. The average Bonchev–Trinajstić information content (AvgIpc) is 2.62. The predicted octanol–water partition coefficient (Wildman–Crippen LogP) is 2.88. The second kappa shape index (κ2) is 7.15. The molecule has 2 aromatic carbocycles. The number of hydrogen-bond acceptors (Lipinski definition) is 3. The molecule has 7 heteroatoms. The van der Waals surface area contributed by atoms with E-state index in [9.17, 15) is 13.2 Å². The molecule has 0 N–H and O–H groups in total. The summed E-state index contributed by atoms with van der Waals surface area (Å²) < 4.78 is 27.1. The van der Waals surface area contributed by atoms with Crippen molar-refractivity contribution in [2.45, 2.75) is 17.9 Å². The molecule has 0 aliphatic carbocycles. The van der Waals surface area contributed by atoms with E-state index in [-0.39, 0.29) is 23.4 Å². The van der Waals surface area contributed by atoms with Crippen molar-refractivity contribution >= 4 is 27.5 Å². The molecule has 0 radical (unpaired) electrons. The Hall–Kier alpha value is -1.89. The lowest BCUT2D eigenvalue weighted by Gasteiger charge is -2.39. The summed E-state index contributed by atoms with van der Waals surface area (Å²) in [4.78, 5) is 14.5. The van der Waals surface area contributed by atoms with Crippen molar-refractivity contribution in [3.63, 3.8) is 0 Å². The smallest absolute Gasteiger partial charge is 0.253 e. The third kappa shape index (κ3) is 3.71. The molecule has 1 aliphatic rings. The molecule has 0 spiro atoms. The number of carbonyl (C=O) groups is 1. The van der Waals surface area contributed by atoms with Gasteiger partial charge in [0.25, 0.3) is 5.91 Å². The number of amides is 1. The molecule has 0 unspecified atom stereocenters. The number of piperazine rings is 1. The minimum atomic E-state index is -3.61. The SMILES string of the molecule is C[C@@H]1CN(C(=O)c2ccccc2)CCN1S(=O)(=O)c1ccc(Cl)cc1. The number of hydrogen-bond donors (Lipinski definition) is 0. The molecule has 3 rings (SSSR count). The molecule has 0 bridgehead atoms. The van der Waals surface area contributed by atoms with E-state index in [2.05, 4.69) is 0 Å². The molecule has 1 atom stereocenters. The summed E-state index contributed by atoms with van der Waals surface area (Å²) in [5, 5.41) is 0.491. The molecule has 1 aliphatic heterocycles. The van der Waals surface area contributed by atoms with Gasteiger partial charge in [-0.25, -0.2) is 8.42 Å². The van der Waals surface area contributed by atoms with Crippen molar-refractivity contribution in [1.82, 2.24) is 9.21 Å². The van der Waals surface area contributed by atoms with E-state index in [0.29, 0.717) is 23.7 Å². The maximum atomic E-state index is 12.8. The predicted molar refractivity (Wildman–Crippen MR) is 97.2 cm³/mol. The van der Waals surface area contributed by atoms with E-state index in [1.807, 2.05) is 25.1 Å².